The second-order valence-electron chi connectivity index (χ2n) is 13.4. The maximum atomic E-state index is 6.68. The number of ether oxygens (including phenoxy) is 3. The highest BCUT2D eigenvalue weighted by Crippen LogP contribution is 2.41. The van der Waals surface area contributed by atoms with E-state index in [1.165, 1.54) is 83.5 Å². The van der Waals surface area contributed by atoms with Crippen LogP contribution in [0.4, 0.5) is 0 Å². The third-order valence-electron chi connectivity index (χ3n) is 7.99. The zero-order valence-corrected chi connectivity index (χ0v) is 29.2. The molecular formula is C35H70N4O3. The minimum atomic E-state index is -0.123. The molecule has 1 saturated heterocycles. The summed E-state index contributed by atoms with van der Waals surface area (Å²) in [6.45, 7) is 20.9. The van der Waals surface area contributed by atoms with E-state index in [-0.39, 0.29) is 30.7 Å². The van der Waals surface area contributed by atoms with E-state index in [1.54, 1.807) is 0 Å². The third kappa shape index (κ3) is 18.5. The molecule has 0 aromatic carbocycles. The average molecular weight is 595 g/mol. The number of rotatable bonds is 25. The molecule has 1 aliphatic heterocycles. The van der Waals surface area contributed by atoms with E-state index in [1.807, 2.05) is 27.7 Å². The van der Waals surface area contributed by atoms with Crippen molar-refractivity contribution in [2.75, 3.05) is 13.1 Å². The van der Waals surface area contributed by atoms with Gasteiger partial charge in [-0.05, 0) is 93.4 Å². The van der Waals surface area contributed by atoms with Crippen molar-refractivity contribution in [3.05, 3.63) is 0 Å². The molecule has 0 saturated carbocycles. The Labute approximate surface area is 260 Å². The fraction of sp³-hybridized carbons (Fsp3) is 0.943. The Morgan fingerprint density at radius 2 is 1.05 bits per heavy atom. The second-order valence-corrected chi connectivity index (χ2v) is 13.4. The molecule has 7 heteroatoms. The highest BCUT2D eigenvalue weighted by molar-refractivity contribution is 5.79. The Hall–Kier alpha value is -1.18. The summed E-state index contributed by atoms with van der Waals surface area (Å²) in [6, 6.07) is 0. The van der Waals surface area contributed by atoms with Gasteiger partial charge in [0.25, 0.3) is 0 Å². The number of nitrogens with zero attached hydrogens (tertiary/aromatic N) is 2. The summed E-state index contributed by atoms with van der Waals surface area (Å²) in [5.74, 6) is 0.884. The Kier molecular flexibility index (Phi) is 22.4. The summed E-state index contributed by atoms with van der Waals surface area (Å²) in [4.78, 5) is 0. The molecule has 0 aliphatic carbocycles. The molecule has 0 spiro atoms. The molecule has 5 atom stereocenters. The molecule has 0 radical (unpaired) electrons. The normalized spacial score (nSPS) is 22.4. The quantitative estimate of drug-likeness (QED) is 0.0626. The topological polar surface area (TPSA) is 76.5 Å². The molecule has 1 heterocycles. The van der Waals surface area contributed by atoms with E-state index >= 15 is 0 Å². The maximum absolute atomic E-state index is 6.68. The number of nitrogens with one attached hydrogen (secondary N) is 2. The lowest BCUT2D eigenvalue weighted by Gasteiger charge is -2.48. The molecule has 1 aliphatic rings. The molecule has 2 N–H and O–H groups in total. The van der Waals surface area contributed by atoms with Gasteiger partial charge < -0.3 is 25.1 Å². The Morgan fingerprint density at radius 1 is 0.619 bits per heavy atom. The van der Waals surface area contributed by atoms with Crippen LogP contribution in [0.15, 0.2) is 10.2 Å². The highest BCUT2D eigenvalue weighted by Gasteiger charge is 2.46. The SMILES string of the molecule is CCC1O[C@H](OC(C)C)C(CCCCCCCCNN=C(C)C)C(CCCCCCCCNN=C(C)C)[C@@H]1OC(C)C. The number of unbranched alkanes of at least 4 members (excludes halogenated alkanes) is 10. The van der Waals surface area contributed by atoms with Gasteiger partial charge in [0.05, 0.1) is 24.4 Å². The van der Waals surface area contributed by atoms with Crippen LogP contribution in [0.1, 0.15) is 159 Å². The lowest BCUT2D eigenvalue weighted by atomic mass is 9.75. The van der Waals surface area contributed by atoms with Crippen molar-refractivity contribution >= 4 is 11.4 Å². The van der Waals surface area contributed by atoms with Crippen LogP contribution >= 0.6 is 0 Å². The lowest BCUT2D eigenvalue weighted by molar-refractivity contribution is -0.291. The third-order valence-corrected chi connectivity index (χ3v) is 7.99. The molecule has 7 nitrogen and oxygen atoms in total. The first-order valence-corrected chi connectivity index (χ1v) is 17.6. The molecule has 1 fully saturated rings. The van der Waals surface area contributed by atoms with Gasteiger partial charge >= 0.3 is 0 Å². The molecule has 0 aromatic heterocycles. The van der Waals surface area contributed by atoms with Gasteiger partial charge in [-0.3, -0.25) is 0 Å². The van der Waals surface area contributed by atoms with E-state index in [9.17, 15) is 0 Å². The first-order valence-electron chi connectivity index (χ1n) is 17.6. The fourth-order valence-corrected chi connectivity index (χ4v) is 6.04. The summed E-state index contributed by atoms with van der Waals surface area (Å²) in [6.07, 6.45) is 19.0. The first kappa shape index (κ1) is 38.8. The summed E-state index contributed by atoms with van der Waals surface area (Å²) in [5, 5.41) is 8.55. The van der Waals surface area contributed by atoms with Crippen molar-refractivity contribution in [3.63, 3.8) is 0 Å². The first-order chi connectivity index (χ1) is 20.1. The summed E-state index contributed by atoms with van der Waals surface area (Å²) in [7, 11) is 0. The largest absolute Gasteiger partial charge is 0.373 e. The Bertz CT molecular complexity index is 704. The predicted molar refractivity (Wildman–Crippen MR) is 180 cm³/mol. The van der Waals surface area contributed by atoms with Gasteiger partial charge in [0.15, 0.2) is 6.29 Å². The standard InChI is InChI=1S/C35H70N4O3/c1-10-33-34(40-29(6)7)31(23-19-15-11-13-17-21-25-36-38-27(2)3)32(35(42-33)41-30(8)9)24-20-16-12-14-18-22-26-37-39-28(4)5/h29-37H,10-26H2,1-9H3/t31?,32?,33?,34-,35-/m0/s1. The number of hydrazone groups is 2. The van der Waals surface area contributed by atoms with Crippen molar-refractivity contribution in [2.24, 2.45) is 22.0 Å². The van der Waals surface area contributed by atoms with Gasteiger partial charge in [-0.15, -0.1) is 0 Å². The summed E-state index contributed by atoms with van der Waals surface area (Å²) >= 11 is 0. The zero-order valence-electron chi connectivity index (χ0n) is 29.2. The van der Waals surface area contributed by atoms with E-state index in [2.05, 4.69) is 55.7 Å². The average Bonchev–Trinajstić information content (AvgIpc) is 2.91. The summed E-state index contributed by atoms with van der Waals surface area (Å²) in [5.41, 5.74) is 8.50. The molecule has 42 heavy (non-hydrogen) atoms. The minimum Gasteiger partial charge on any atom is -0.373 e. The van der Waals surface area contributed by atoms with Crippen LogP contribution in [0.5, 0.6) is 0 Å². The van der Waals surface area contributed by atoms with Crippen molar-refractivity contribution in [3.8, 4) is 0 Å². The molecular weight excluding hydrogens is 524 g/mol. The van der Waals surface area contributed by atoms with Crippen LogP contribution in [-0.2, 0) is 14.2 Å². The van der Waals surface area contributed by atoms with Gasteiger partial charge in [-0.1, -0.05) is 71.1 Å². The van der Waals surface area contributed by atoms with Crippen molar-refractivity contribution in [1.29, 1.82) is 0 Å². The molecule has 1 rings (SSSR count). The lowest BCUT2D eigenvalue weighted by Crippen LogP contribution is -2.54. The molecule has 0 bridgehead atoms. The summed E-state index contributed by atoms with van der Waals surface area (Å²) < 4.78 is 19.8. The fourth-order valence-electron chi connectivity index (χ4n) is 6.04. The van der Waals surface area contributed by atoms with Crippen molar-refractivity contribution in [2.45, 2.75) is 189 Å². The Balaban J connectivity index is 2.66. The van der Waals surface area contributed by atoms with Gasteiger partial charge in [-0.2, -0.15) is 10.2 Å². The second kappa shape index (κ2) is 24.2. The number of hydrogen-bond donors (Lipinski definition) is 2. The smallest absolute Gasteiger partial charge is 0.161 e. The van der Waals surface area contributed by atoms with Crippen LogP contribution in [0.2, 0.25) is 0 Å². The van der Waals surface area contributed by atoms with E-state index in [0.717, 1.165) is 37.4 Å². The zero-order chi connectivity index (χ0) is 31.2. The van der Waals surface area contributed by atoms with Crippen LogP contribution < -0.4 is 10.9 Å². The molecule has 248 valence electrons. The van der Waals surface area contributed by atoms with Crippen LogP contribution in [-0.4, -0.2) is 55.2 Å². The van der Waals surface area contributed by atoms with Crippen LogP contribution in [0, 0.1) is 11.8 Å². The van der Waals surface area contributed by atoms with Gasteiger partial charge in [-0.25, -0.2) is 0 Å². The minimum absolute atomic E-state index is 0.105. The molecule has 3 unspecified atom stereocenters. The molecule has 0 aromatic rings. The monoisotopic (exact) mass is 595 g/mol. The Morgan fingerprint density at radius 3 is 1.48 bits per heavy atom. The van der Waals surface area contributed by atoms with E-state index in [0.29, 0.717) is 11.8 Å². The highest BCUT2D eigenvalue weighted by atomic mass is 16.7. The number of hydrogen-bond acceptors (Lipinski definition) is 7. The van der Waals surface area contributed by atoms with Crippen molar-refractivity contribution in [1.82, 2.24) is 10.9 Å². The van der Waals surface area contributed by atoms with E-state index in [4.69, 9.17) is 14.2 Å². The van der Waals surface area contributed by atoms with Crippen LogP contribution in [0.3, 0.4) is 0 Å². The molecule has 0 amide bonds. The van der Waals surface area contributed by atoms with Gasteiger partial charge in [0, 0.05) is 30.4 Å². The van der Waals surface area contributed by atoms with Gasteiger partial charge in [0.1, 0.15) is 0 Å². The van der Waals surface area contributed by atoms with Crippen LogP contribution in [0.25, 0.3) is 0 Å². The van der Waals surface area contributed by atoms with Gasteiger partial charge in [0.2, 0.25) is 0 Å². The van der Waals surface area contributed by atoms with E-state index < -0.39 is 0 Å². The predicted octanol–water partition coefficient (Wildman–Crippen LogP) is 9.00. The van der Waals surface area contributed by atoms with Crippen molar-refractivity contribution < 1.29 is 14.2 Å². The maximum Gasteiger partial charge on any atom is 0.161 e.